The normalized spacial score (nSPS) is 15.2. The number of halogens is 1. The predicted molar refractivity (Wildman–Crippen MR) is 109 cm³/mol. The smallest absolute Gasteiger partial charge is 0.251 e. The van der Waals surface area contributed by atoms with E-state index in [4.69, 9.17) is 4.74 Å². The molecule has 142 valence electrons. The second-order valence-electron chi connectivity index (χ2n) is 6.75. The molecule has 3 rings (SSSR count). The molecule has 2 aromatic carbocycles. The summed E-state index contributed by atoms with van der Waals surface area (Å²) in [6, 6.07) is 13.0. The summed E-state index contributed by atoms with van der Waals surface area (Å²) >= 11 is 3.51. The van der Waals surface area contributed by atoms with Gasteiger partial charge < -0.3 is 15.4 Å². The summed E-state index contributed by atoms with van der Waals surface area (Å²) in [6.45, 7) is 0. The lowest BCUT2D eigenvalue weighted by Gasteiger charge is -2.29. The maximum absolute atomic E-state index is 13.4. The molecule has 5 nitrogen and oxygen atoms in total. The molecule has 2 N–H and O–H groups in total. The van der Waals surface area contributed by atoms with Crippen LogP contribution in [-0.2, 0) is 10.2 Å². The Hall–Kier alpha value is -2.34. The van der Waals surface area contributed by atoms with E-state index in [0.29, 0.717) is 17.0 Å². The van der Waals surface area contributed by atoms with Crippen LogP contribution in [-0.4, -0.2) is 26.0 Å². The van der Waals surface area contributed by atoms with Gasteiger partial charge in [0.05, 0.1) is 18.2 Å². The third kappa shape index (κ3) is 3.86. The van der Waals surface area contributed by atoms with Crippen molar-refractivity contribution in [2.24, 2.45) is 0 Å². The highest BCUT2D eigenvalue weighted by Gasteiger charge is 2.43. The maximum atomic E-state index is 13.4. The lowest BCUT2D eigenvalue weighted by Crippen LogP contribution is -2.38. The molecule has 0 unspecified atom stereocenters. The van der Waals surface area contributed by atoms with Crippen molar-refractivity contribution in [2.75, 3.05) is 19.5 Å². The maximum Gasteiger partial charge on any atom is 0.251 e. The predicted octanol–water partition coefficient (Wildman–Crippen LogP) is 4.27. The molecule has 1 aliphatic rings. The van der Waals surface area contributed by atoms with E-state index in [-0.39, 0.29) is 11.8 Å². The highest BCUT2D eigenvalue weighted by molar-refractivity contribution is 9.10. The first-order valence-electron chi connectivity index (χ1n) is 8.98. The topological polar surface area (TPSA) is 67.4 Å². The van der Waals surface area contributed by atoms with Crippen molar-refractivity contribution in [3.05, 3.63) is 58.1 Å². The summed E-state index contributed by atoms with van der Waals surface area (Å²) in [5, 5.41) is 5.62. The van der Waals surface area contributed by atoms with Gasteiger partial charge in [-0.3, -0.25) is 9.59 Å². The molecule has 0 radical (unpaired) electrons. The molecule has 0 atom stereocenters. The Balaban J connectivity index is 1.96. The van der Waals surface area contributed by atoms with Gasteiger partial charge in [-0.25, -0.2) is 0 Å². The van der Waals surface area contributed by atoms with Gasteiger partial charge in [0.15, 0.2) is 0 Å². The fraction of sp³-hybridized carbons (Fsp3) is 0.333. The van der Waals surface area contributed by atoms with Gasteiger partial charge >= 0.3 is 0 Å². The number of hydrogen-bond acceptors (Lipinski definition) is 3. The molecule has 1 saturated carbocycles. The van der Waals surface area contributed by atoms with Crippen LogP contribution < -0.4 is 15.4 Å². The van der Waals surface area contributed by atoms with E-state index in [1.165, 1.54) is 0 Å². The van der Waals surface area contributed by atoms with E-state index in [0.717, 1.165) is 35.7 Å². The highest BCUT2D eigenvalue weighted by Crippen LogP contribution is 2.43. The Kier molecular flexibility index (Phi) is 5.85. The van der Waals surface area contributed by atoms with Crippen molar-refractivity contribution in [3.8, 4) is 5.75 Å². The van der Waals surface area contributed by atoms with Crippen LogP contribution in [0, 0.1) is 0 Å². The Morgan fingerprint density at radius 3 is 2.48 bits per heavy atom. The molecule has 2 aromatic rings. The average Bonchev–Trinajstić information content (AvgIpc) is 3.18. The third-order valence-electron chi connectivity index (χ3n) is 5.21. The number of rotatable bonds is 5. The molecule has 1 fully saturated rings. The van der Waals surface area contributed by atoms with Gasteiger partial charge in [-0.1, -0.05) is 40.9 Å². The quantitative estimate of drug-likeness (QED) is 0.743. The summed E-state index contributed by atoms with van der Waals surface area (Å²) in [5.41, 5.74) is 1.41. The molecule has 1 aliphatic carbocycles. The standard InChI is InChI=1S/C21H23BrN2O3/c1-23-19(25)14-8-9-18(27-2)17(12-14)24-20(26)21(10-3-4-11-21)15-6-5-7-16(22)13-15/h5-9,12-13H,3-4,10-11H2,1-2H3,(H,23,25)(H,24,26). The Morgan fingerprint density at radius 1 is 1.11 bits per heavy atom. The van der Waals surface area contributed by atoms with Crippen LogP contribution in [0.2, 0.25) is 0 Å². The van der Waals surface area contributed by atoms with E-state index in [9.17, 15) is 9.59 Å². The number of anilines is 1. The lowest BCUT2D eigenvalue weighted by atomic mass is 9.78. The van der Waals surface area contributed by atoms with E-state index >= 15 is 0 Å². The molecule has 0 aliphatic heterocycles. The van der Waals surface area contributed by atoms with Crippen molar-refractivity contribution in [1.29, 1.82) is 0 Å². The van der Waals surface area contributed by atoms with Crippen molar-refractivity contribution in [3.63, 3.8) is 0 Å². The van der Waals surface area contributed by atoms with Crippen LogP contribution in [0.25, 0.3) is 0 Å². The minimum absolute atomic E-state index is 0.0644. The first kappa shape index (κ1) is 19.4. The number of carbonyl (C=O) groups excluding carboxylic acids is 2. The van der Waals surface area contributed by atoms with Gasteiger partial charge in [0.1, 0.15) is 5.75 Å². The Labute approximate surface area is 167 Å². The first-order valence-corrected chi connectivity index (χ1v) is 9.77. The van der Waals surface area contributed by atoms with Crippen LogP contribution in [0.15, 0.2) is 46.9 Å². The van der Waals surface area contributed by atoms with Crippen LogP contribution in [0.3, 0.4) is 0 Å². The molecule has 0 heterocycles. The van der Waals surface area contributed by atoms with Crippen molar-refractivity contribution >= 4 is 33.4 Å². The number of hydrogen-bond donors (Lipinski definition) is 2. The van der Waals surface area contributed by atoms with E-state index < -0.39 is 5.41 Å². The van der Waals surface area contributed by atoms with Crippen LogP contribution in [0.4, 0.5) is 5.69 Å². The molecule has 6 heteroatoms. The molecule has 0 bridgehead atoms. The van der Waals surface area contributed by atoms with Gasteiger partial charge in [0.25, 0.3) is 5.91 Å². The van der Waals surface area contributed by atoms with E-state index in [1.807, 2.05) is 24.3 Å². The number of nitrogens with one attached hydrogen (secondary N) is 2. The Bertz CT molecular complexity index is 860. The molecule has 2 amide bonds. The minimum Gasteiger partial charge on any atom is -0.495 e. The van der Waals surface area contributed by atoms with Crippen LogP contribution in [0.1, 0.15) is 41.6 Å². The number of methoxy groups -OCH3 is 1. The second kappa shape index (κ2) is 8.13. The Morgan fingerprint density at radius 2 is 1.85 bits per heavy atom. The molecule has 0 saturated heterocycles. The SMILES string of the molecule is CNC(=O)c1ccc(OC)c(NC(=O)C2(c3cccc(Br)c3)CCCC2)c1. The van der Waals surface area contributed by atoms with Gasteiger partial charge in [0.2, 0.25) is 5.91 Å². The number of benzene rings is 2. The van der Waals surface area contributed by atoms with E-state index in [2.05, 4.69) is 26.6 Å². The molecular weight excluding hydrogens is 408 g/mol. The lowest BCUT2D eigenvalue weighted by molar-refractivity contribution is -0.121. The zero-order valence-corrected chi connectivity index (χ0v) is 17.1. The van der Waals surface area contributed by atoms with Gasteiger partial charge in [-0.15, -0.1) is 0 Å². The van der Waals surface area contributed by atoms with Crippen LogP contribution >= 0.6 is 15.9 Å². The largest absolute Gasteiger partial charge is 0.495 e. The zero-order valence-electron chi connectivity index (χ0n) is 15.5. The minimum atomic E-state index is -0.572. The number of carbonyl (C=O) groups is 2. The van der Waals surface area contributed by atoms with Gasteiger partial charge in [-0.2, -0.15) is 0 Å². The van der Waals surface area contributed by atoms with Crippen LogP contribution in [0.5, 0.6) is 5.75 Å². The van der Waals surface area contributed by atoms with Crippen molar-refractivity contribution < 1.29 is 14.3 Å². The summed E-state index contributed by atoms with van der Waals surface area (Å²) in [7, 11) is 3.12. The number of amides is 2. The molecule has 0 aromatic heterocycles. The molecule has 27 heavy (non-hydrogen) atoms. The summed E-state index contributed by atoms with van der Waals surface area (Å²) < 4.78 is 6.34. The van der Waals surface area contributed by atoms with E-state index in [1.54, 1.807) is 32.4 Å². The summed E-state index contributed by atoms with van der Waals surface area (Å²) in [4.78, 5) is 25.3. The van der Waals surface area contributed by atoms with Gasteiger partial charge in [-0.05, 0) is 48.7 Å². The van der Waals surface area contributed by atoms with Gasteiger partial charge in [0, 0.05) is 17.1 Å². The number of ether oxygens (including phenoxy) is 1. The van der Waals surface area contributed by atoms with Crippen molar-refractivity contribution in [2.45, 2.75) is 31.1 Å². The van der Waals surface area contributed by atoms with Crippen molar-refractivity contribution in [1.82, 2.24) is 5.32 Å². The fourth-order valence-electron chi connectivity index (χ4n) is 3.74. The third-order valence-corrected chi connectivity index (χ3v) is 5.70. The average molecular weight is 431 g/mol. The second-order valence-corrected chi connectivity index (χ2v) is 7.66. The highest BCUT2D eigenvalue weighted by atomic mass is 79.9. The zero-order chi connectivity index (χ0) is 19.4. The fourth-order valence-corrected chi connectivity index (χ4v) is 4.14. The summed E-state index contributed by atoms with van der Waals surface area (Å²) in [5.74, 6) is 0.250. The molecule has 0 spiro atoms. The summed E-state index contributed by atoms with van der Waals surface area (Å²) in [6.07, 6.45) is 3.62. The first-order chi connectivity index (χ1) is 13.0. The monoisotopic (exact) mass is 430 g/mol. The molecular formula is C21H23BrN2O3.